The zero-order chi connectivity index (χ0) is 13.8. The number of nitrogens with one attached hydrogen (secondary N) is 1. The van der Waals surface area contributed by atoms with Crippen LogP contribution in [-0.4, -0.2) is 47.8 Å². The molecule has 0 spiro atoms. The Morgan fingerprint density at radius 3 is 2.44 bits per heavy atom. The van der Waals surface area contributed by atoms with E-state index < -0.39 is 24.6 Å². The summed E-state index contributed by atoms with van der Waals surface area (Å²) < 4.78 is 35.4. The van der Waals surface area contributed by atoms with E-state index in [1.807, 2.05) is 0 Å². The monoisotopic (exact) mass is 268 g/mol. The van der Waals surface area contributed by atoms with Crippen molar-refractivity contribution in [3.63, 3.8) is 0 Å². The molecule has 1 fully saturated rings. The molecule has 18 heavy (non-hydrogen) atoms. The van der Waals surface area contributed by atoms with Gasteiger partial charge in [-0.25, -0.2) is 4.79 Å². The standard InChI is InChI=1S/C10H15F3N2O3/c11-10(12,13)2-1-3-14-9(18)15-5-7(6-15)4-8(16)17/h7H,1-6H2,(H,14,18)(H,16,17). The number of hydrogen-bond donors (Lipinski definition) is 2. The zero-order valence-electron chi connectivity index (χ0n) is 9.66. The van der Waals surface area contributed by atoms with Crippen LogP contribution in [0.5, 0.6) is 0 Å². The molecule has 0 bridgehead atoms. The van der Waals surface area contributed by atoms with E-state index in [1.54, 1.807) is 0 Å². The molecule has 1 saturated heterocycles. The molecule has 0 saturated carbocycles. The summed E-state index contributed by atoms with van der Waals surface area (Å²) in [4.78, 5) is 23.1. The minimum atomic E-state index is -4.20. The molecule has 0 atom stereocenters. The Hall–Kier alpha value is -1.47. The lowest BCUT2D eigenvalue weighted by atomic mass is 9.97. The number of carboxylic acids is 1. The number of carbonyl (C=O) groups is 2. The van der Waals surface area contributed by atoms with Crippen LogP contribution in [-0.2, 0) is 4.79 Å². The Labute approximate surface area is 102 Å². The summed E-state index contributed by atoms with van der Waals surface area (Å²) in [5.74, 6) is -0.964. The minimum absolute atomic E-state index is 0.0118. The normalized spacial score (nSPS) is 16.3. The topological polar surface area (TPSA) is 69.6 Å². The van der Waals surface area contributed by atoms with Crippen LogP contribution in [0.4, 0.5) is 18.0 Å². The van der Waals surface area contributed by atoms with Gasteiger partial charge in [0, 0.05) is 32.0 Å². The molecule has 1 aliphatic heterocycles. The summed E-state index contributed by atoms with van der Waals surface area (Å²) >= 11 is 0. The molecule has 0 aromatic heterocycles. The predicted molar refractivity (Wildman–Crippen MR) is 56.0 cm³/mol. The Morgan fingerprint density at radius 1 is 1.33 bits per heavy atom. The van der Waals surface area contributed by atoms with Crippen LogP contribution in [0.1, 0.15) is 19.3 Å². The lowest BCUT2D eigenvalue weighted by Crippen LogP contribution is -2.54. The SMILES string of the molecule is O=C(O)CC1CN(C(=O)NCCCC(F)(F)F)C1. The molecule has 2 amide bonds. The molecule has 1 rings (SSSR count). The maximum Gasteiger partial charge on any atom is 0.389 e. The fourth-order valence-electron chi connectivity index (χ4n) is 1.71. The number of alkyl halides is 3. The van der Waals surface area contributed by atoms with Crippen molar-refractivity contribution >= 4 is 12.0 Å². The van der Waals surface area contributed by atoms with Crippen molar-refractivity contribution in [3.05, 3.63) is 0 Å². The van der Waals surface area contributed by atoms with Gasteiger partial charge in [-0.2, -0.15) is 13.2 Å². The van der Waals surface area contributed by atoms with E-state index in [1.165, 1.54) is 4.90 Å². The lowest BCUT2D eigenvalue weighted by Gasteiger charge is -2.38. The van der Waals surface area contributed by atoms with Crippen LogP contribution in [0.2, 0.25) is 0 Å². The van der Waals surface area contributed by atoms with Crippen molar-refractivity contribution in [1.29, 1.82) is 0 Å². The highest BCUT2D eigenvalue weighted by Gasteiger charge is 2.32. The molecule has 8 heteroatoms. The molecule has 1 heterocycles. The largest absolute Gasteiger partial charge is 0.481 e. The first-order valence-electron chi connectivity index (χ1n) is 5.59. The van der Waals surface area contributed by atoms with E-state index in [0.29, 0.717) is 13.1 Å². The summed E-state index contributed by atoms with van der Waals surface area (Å²) in [5.41, 5.74) is 0. The van der Waals surface area contributed by atoms with Gasteiger partial charge in [0.05, 0.1) is 6.42 Å². The van der Waals surface area contributed by atoms with E-state index >= 15 is 0 Å². The Balaban J connectivity index is 2.07. The minimum Gasteiger partial charge on any atom is -0.481 e. The molecular weight excluding hydrogens is 253 g/mol. The second kappa shape index (κ2) is 5.92. The maximum atomic E-state index is 11.8. The lowest BCUT2D eigenvalue weighted by molar-refractivity contribution is -0.139. The fourth-order valence-corrected chi connectivity index (χ4v) is 1.71. The van der Waals surface area contributed by atoms with Crippen molar-refractivity contribution in [3.8, 4) is 0 Å². The Kier molecular flexibility index (Phi) is 4.80. The first kappa shape index (κ1) is 14.6. The van der Waals surface area contributed by atoms with Crippen LogP contribution in [0.25, 0.3) is 0 Å². The van der Waals surface area contributed by atoms with Gasteiger partial charge in [0.15, 0.2) is 0 Å². The van der Waals surface area contributed by atoms with Gasteiger partial charge >= 0.3 is 18.2 Å². The van der Waals surface area contributed by atoms with Crippen molar-refractivity contribution in [2.45, 2.75) is 25.4 Å². The second-order valence-electron chi connectivity index (χ2n) is 4.32. The molecule has 0 unspecified atom stereocenters. The van der Waals surface area contributed by atoms with E-state index in [2.05, 4.69) is 5.32 Å². The van der Waals surface area contributed by atoms with E-state index in [9.17, 15) is 22.8 Å². The van der Waals surface area contributed by atoms with Crippen LogP contribution in [0.3, 0.4) is 0 Å². The van der Waals surface area contributed by atoms with E-state index in [-0.39, 0.29) is 25.3 Å². The number of likely N-dealkylation sites (tertiary alicyclic amines) is 1. The molecular formula is C10H15F3N2O3. The number of amides is 2. The second-order valence-corrected chi connectivity index (χ2v) is 4.32. The van der Waals surface area contributed by atoms with Gasteiger partial charge in [0.25, 0.3) is 0 Å². The molecule has 2 N–H and O–H groups in total. The third kappa shape index (κ3) is 5.24. The van der Waals surface area contributed by atoms with Crippen molar-refractivity contribution in [2.24, 2.45) is 5.92 Å². The number of carbonyl (C=O) groups excluding carboxylic acids is 1. The average molecular weight is 268 g/mol. The van der Waals surface area contributed by atoms with Crippen LogP contribution in [0, 0.1) is 5.92 Å². The number of urea groups is 1. The Bertz CT molecular complexity index is 314. The quantitative estimate of drug-likeness (QED) is 0.741. The summed E-state index contributed by atoms with van der Waals surface area (Å²) in [5, 5.41) is 10.9. The number of hydrogen-bond acceptors (Lipinski definition) is 2. The third-order valence-corrected chi connectivity index (χ3v) is 2.62. The molecule has 0 aliphatic carbocycles. The summed E-state index contributed by atoms with van der Waals surface area (Å²) in [6, 6.07) is -0.432. The smallest absolute Gasteiger partial charge is 0.389 e. The molecule has 104 valence electrons. The average Bonchev–Trinajstić information content (AvgIpc) is 2.15. The molecule has 0 radical (unpaired) electrons. The maximum absolute atomic E-state index is 11.8. The van der Waals surface area contributed by atoms with Gasteiger partial charge in [-0.05, 0) is 6.42 Å². The molecule has 0 aromatic rings. The number of aliphatic carboxylic acids is 1. The number of halogens is 3. The van der Waals surface area contributed by atoms with Gasteiger partial charge in [-0.15, -0.1) is 0 Å². The predicted octanol–water partition coefficient (Wildman–Crippen LogP) is 1.44. The van der Waals surface area contributed by atoms with Crippen molar-refractivity contribution in [1.82, 2.24) is 10.2 Å². The van der Waals surface area contributed by atoms with Gasteiger partial charge < -0.3 is 15.3 Å². The van der Waals surface area contributed by atoms with Crippen LogP contribution in [0.15, 0.2) is 0 Å². The van der Waals surface area contributed by atoms with Crippen molar-refractivity contribution < 1.29 is 27.9 Å². The number of nitrogens with zero attached hydrogens (tertiary/aromatic N) is 1. The zero-order valence-corrected chi connectivity index (χ0v) is 9.66. The highest BCUT2D eigenvalue weighted by molar-refractivity contribution is 5.75. The summed E-state index contributed by atoms with van der Waals surface area (Å²) in [7, 11) is 0. The van der Waals surface area contributed by atoms with E-state index in [0.717, 1.165) is 0 Å². The van der Waals surface area contributed by atoms with Gasteiger partial charge in [0.2, 0.25) is 0 Å². The third-order valence-electron chi connectivity index (χ3n) is 2.62. The van der Waals surface area contributed by atoms with Crippen LogP contribution < -0.4 is 5.32 Å². The first-order valence-corrected chi connectivity index (χ1v) is 5.59. The molecule has 1 aliphatic rings. The first-order chi connectivity index (χ1) is 8.28. The van der Waals surface area contributed by atoms with Crippen molar-refractivity contribution in [2.75, 3.05) is 19.6 Å². The van der Waals surface area contributed by atoms with Gasteiger partial charge in [-0.1, -0.05) is 0 Å². The van der Waals surface area contributed by atoms with Crippen LogP contribution >= 0.6 is 0 Å². The summed E-state index contributed by atoms with van der Waals surface area (Å²) in [6.07, 6.45) is -5.26. The highest BCUT2D eigenvalue weighted by atomic mass is 19.4. The molecule has 0 aromatic carbocycles. The van der Waals surface area contributed by atoms with Gasteiger partial charge in [-0.3, -0.25) is 4.79 Å². The number of rotatable bonds is 5. The number of carboxylic acid groups (broad SMARTS) is 1. The van der Waals surface area contributed by atoms with Gasteiger partial charge in [0.1, 0.15) is 0 Å². The van der Waals surface area contributed by atoms with E-state index in [4.69, 9.17) is 5.11 Å². The Morgan fingerprint density at radius 2 is 1.94 bits per heavy atom. The summed E-state index contributed by atoms with van der Waals surface area (Å²) in [6.45, 7) is 0.660. The fraction of sp³-hybridized carbons (Fsp3) is 0.800. The highest BCUT2D eigenvalue weighted by Crippen LogP contribution is 2.21. The molecule has 5 nitrogen and oxygen atoms in total.